The maximum Gasteiger partial charge on any atom is 0.326 e. The van der Waals surface area contributed by atoms with E-state index < -0.39 is 47.6 Å². The van der Waals surface area contributed by atoms with Gasteiger partial charge in [-0.3, -0.25) is 19.3 Å². The van der Waals surface area contributed by atoms with Gasteiger partial charge in [0.2, 0.25) is 5.91 Å². The van der Waals surface area contributed by atoms with Crippen LogP contribution in [0.2, 0.25) is 0 Å². The monoisotopic (exact) mass is 657 g/mol. The second-order valence-corrected chi connectivity index (χ2v) is 12.0. The van der Waals surface area contributed by atoms with Crippen molar-refractivity contribution in [1.82, 2.24) is 15.7 Å². The van der Waals surface area contributed by atoms with Crippen molar-refractivity contribution in [2.75, 3.05) is 20.3 Å². The number of hydroxylamine groups is 3. The lowest BCUT2D eigenvalue weighted by Gasteiger charge is -2.33. The summed E-state index contributed by atoms with van der Waals surface area (Å²) in [6.07, 6.45) is 0.180. The number of carboxylic acid groups (broad SMARTS) is 1. The number of phenols is 1. The number of benzene rings is 2. The van der Waals surface area contributed by atoms with Gasteiger partial charge in [-0.05, 0) is 76.4 Å². The first-order valence-corrected chi connectivity index (χ1v) is 14.8. The van der Waals surface area contributed by atoms with Crippen molar-refractivity contribution in [3.8, 4) is 17.2 Å². The fourth-order valence-electron chi connectivity index (χ4n) is 4.81. The summed E-state index contributed by atoms with van der Waals surface area (Å²) in [5.41, 5.74) is 9.71. The molecule has 1 aliphatic rings. The van der Waals surface area contributed by atoms with E-state index >= 15 is 0 Å². The molecular formula is C31H43N7O9. The second-order valence-electron chi connectivity index (χ2n) is 12.0. The molecule has 2 aromatic carbocycles. The largest absolute Gasteiger partial charge is 0.714 e. The zero-order valence-electron chi connectivity index (χ0n) is 27.0. The van der Waals surface area contributed by atoms with Crippen LogP contribution >= 0.6 is 0 Å². The maximum absolute atomic E-state index is 13.3. The third-order valence-electron chi connectivity index (χ3n) is 8.32. The Morgan fingerprint density at radius 1 is 1.06 bits per heavy atom. The van der Waals surface area contributed by atoms with Gasteiger partial charge in [-0.25, -0.2) is 10.0 Å². The van der Waals surface area contributed by atoms with Crippen LogP contribution in [0.25, 0.3) is 0 Å². The van der Waals surface area contributed by atoms with E-state index in [4.69, 9.17) is 20.9 Å². The van der Waals surface area contributed by atoms with Gasteiger partial charge in [-0.1, -0.05) is 6.07 Å². The lowest BCUT2D eigenvalue weighted by Crippen LogP contribution is -2.53. The maximum atomic E-state index is 13.3. The number of amides is 2. The minimum Gasteiger partial charge on any atom is -0.714 e. The lowest BCUT2D eigenvalue weighted by molar-refractivity contribution is -0.539. The van der Waals surface area contributed by atoms with E-state index in [1.54, 1.807) is 39.8 Å². The molecule has 47 heavy (non-hydrogen) atoms. The Kier molecular flexibility index (Phi) is 11.5. The molecule has 1 aliphatic heterocycles. The molecule has 0 unspecified atom stereocenters. The number of aliphatic carboxylic acids is 1. The number of amidine groups is 1. The number of rotatable bonds is 15. The van der Waals surface area contributed by atoms with E-state index in [2.05, 4.69) is 15.6 Å². The van der Waals surface area contributed by atoms with Gasteiger partial charge in [-0.2, -0.15) is 0 Å². The Hall–Kier alpha value is -5.25. The van der Waals surface area contributed by atoms with Gasteiger partial charge in [0.25, 0.3) is 5.91 Å². The van der Waals surface area contributed by atoms with Crippen molar-refractivity contribution < 1.29 is 44.0 Å². The summed E-state index contributed by atoms with van der Waals surface area (Å²) in [5.74, 6) is -2.37. The van der Waals surface area contributed by atoms with Crippen LogP contribution in [0.3, 0.4) is 0 Å². The van der Waals surface area contributed by atoms with Crippen molar-refractivity contribution in [1.29, 1.82) is 0 Å². The number of phenolic OH excluding ortho intramolecular Hbond substituents is 1. The summed E-state index contributed by atoms with van der Waals surface area (Å²) in [7, 11) is 1.38. The van der Waals surface area contributed by atoms with Crippen LogP contribution in [-0.4, -0.2) is 98.2 Å². The molecule has 0 fully saturated rings. The number of hydrogen-bond acceptors (Lipinski definition) is 10. The molecule has 9 N–H and O–H groups in total. The molecular weight excluding hydrogens is 614 g/mol. The zero-order valence-corrected chi connectivity index (χ0v) is 27.0. The number of nitrogens with one attached hydrogen (secondary N) is 2. The number of aromatic hydroxyl groups is 1. The standard InChI is InChI=1S/C31H43N7O9/c1-30(2)31(3,4)38(45)27(37(30)44)18-9-12-21(13-10-18)47-17-25(40)35-23(15-19-8-11-20(39)16-24(19)46-5)26(41)36-22(28(42)43)7-6-14-34-29(32)33/h8-13,16,22-23,39,44H,6-7,14-15,17H2,1-5H3,(H,35,40)(H,36,41)(H,42,43)(H4,32,33,34)/t22-,23-/m0/s1. The summed E-state index contributed by atoms with van der Waals surface area (Å²) in [5, 5.41) is 49.2. The Morgan fingerprint density at radius 2 is 1.72 bits per heavy atom. The highest BCUT2D eigenvalue weighted by Gasteiger charge is 2.58. The second kappa shape index (κ2) is 14.9. The molecule has 16 nitrogen and oxygen atoms in total. The van der Waals surface area contributed by atoms with Crippen LogP contribution in [0.5, 0.6) is 17.2 Å². The van der Waals surface area contributed by atoms with Crippen LogP contribution in [0, 0.1) is 5.21 Å². The van der Waals surface area contributed by atoms with Gasteiger partial charge in [0.15, 0.2) is 18.1 Å². The number of methoxy groups -OCH3 is 1. The highest BCUT2D eigenvalue weighted by molar-refractivity contribution is 5.96. The summed E-state index contributed by atoms with van der Waals surface area (Å²) < 4.78 is 11.7. The zero-order chi connectivity index (χ0) is 35.1. The van der Waals surface area contributed by atoms with Gasteiger partial charge in [0.05, 0.1) is 12.7 Å². The van der Waals surface area contributed by atoms with Crippen LogP contribution < -0.4 is 31.6 Å². The molecule has 0 aromatic heterocycles. The summed E-state index contributed by atoms with van der Waals surface area (Å²) in [6.45, 7) is 6.62. The normalized spacial score (nSPS) is 16.2. The fourth-order valence-corrected chi connectivity index (χ4v) is 4.81. The van der Waals surface area contributed by atoms with Crippen molar-refractivity contribution in [3.63, 3.8) is 0 Å². The van der Waals surface area contributed by atoms with E-state index in [0.717, 1.165) is 9.80 Å². The molecule has 3 rings (SSSR count). The van der Waals surface area contributed by atoms with E-state index in [0.29, 0.717) is 11.1 Å². The Balaban J connectivity index is 1.73. The number of ether oxygens (including phenoxy) is 2. The number of carbonyl (C=O) groups excluding carboxylic acids is 2. The van der Waals surface area contributed by atoms with Gasteiger partial charge >= 0.3 is 11.8 Å². The Labute approximate surface area is 272 Å². The van der Waals surface area contributed by atoms with E-state index in [1.165, 1.54) is 37.4 Å². The third-order valence-corrected chi connectivity index (χ3v) is 8.32. The van der Waals surface area contributed by atoms with Crippen LogP contribution in [0.4, 0.5) is 0 Å². The van der Waals surface area contributed by atoms with Crippen LogP contribution in [-0.2, 0) is 20.8 Å². The smallest absolute Gasteiger partial charge is 0.326 e. The van der Waals surface area contributed by atoms with Gasteiger partial charge in [0.1, 0.15) is 34.9 Å². The van der Waals surface area contributed by atoms with Crippen molar-refractivity contribution in [2.45, 2.75) is 70.1 Å². The fraction of sp³-hybridized carbons (Fsp3) is 0.452. The number of nitrogens with zero attached hydrogens (tertiary/aromatic N) is 3. The topological polar surface area (TPSA) is 248 Å². The first kappa shape index (κ1) is 36.2. The predicted octanol–water partition coefficient (Wildman–Crippen LogP) is 0.649. The molecule has 2 atom stereocenters. The number of hydrogen-bond donors (Lipinski definition) is 7. The minimum absolute atomic E-state index is 0.0203. The van der Waals surface area contributed by atoms with Crippen molar-refractivity contribution in [2.24, 2.45) is 16.5 Å². The molecule has 16 heteroatoms. The Morgan fingerprint density at radius 3 is 2.28 bits per heavy atom. The average molecular weight is 658 g/mol. The number of carbonyl (C=O) groups is 3. The van der Waals surface area contributed by atoms with Crippen LogP contribution in [0.1, 0.15) is 51.7 Å². The van der Waals surface area contributed by atoms with E-state index in [1.807, 2.05) is 0 Å². The molecule has 2 amide bonds. The summed E-state index contributed by atoms with van der Waals surface area (Å²) in [6, 6.07) is 7.90. The molecule has 0 spiro atoms. The number of carboxylic acids is 1. The van der Waals surface area contributed by atoms with E-state index in [9.17, 15) is 35.0 Å². The number of nitrogens with two attached hydrogens (primary N) is 2. The first-order valence-electron chi connectivity index (χ1n) is 14.8. The van der Waals surface area contributed by atoms with Crippen LogP contribution in [0.15, 0.2) is 47.5 Å². The highest BCUT2D eigenvalue weighted by atomic mass is 16.5. The minimum atomic E-state index is -1.29. The van der Waals surface area contributed by atoms with Crippen molar-refractivity contribution >= 4 is 29.6 Å². The summed E-state index contributed by atoms with van der Waals surface area (Å²) >= 11 is 0. The molecule has 0 bridgehead atoms. The average Bonchev–Trinajstić information content (AvgIpc) is 3.13. The number of guanidine groups is 1. The molecule has 1 heterocycles. The van der Waals surface area contributed by atoms with Crippen molar-refractivity contribution in [3.05, 3.63) is 58.8 Å². The number of aliphatic imine (C=N–C) groups is 1. The summed E-state index contributed by atoms with van der Waals surface area (Å²) in [4.78, 5) is 42.0. The highest BCUT2D eigenvalue weighted by Crippen LogP contribution is 2.37. The van der Waals surface area contributed by atoms with Gasteiger partial charge in [-0.15, -0.1) is 5.06 Å². The lowest BCUT2D eigenvalue weighted by atomic mass is 9.84. The van der Waals surface area contributed by atoms with Gasteiger partial charge in [0, 0.05) is 19.0 Å². The first-order chi connectivity index (χ1) is 22.0. The molecule has 256 valence electrons. The molecule has 0 saturated carbocycles. The molecule has 0 aliphatic carbocycles. The molecule has 0 radical (unpaired) electrons. The van der Waals surface area contributed by atoms with E-state index in [-0.39, 0.29) is 54.9 Å². The predicted molar refractivity (Wildman–Crippen MR) is 171 cm³/mol. The molecule has 2 aromatic rings. The molecule has 0 saturated heterocycles. The SMILES string of the molecule is COc1cc(O)ccc1C[C@H](NC(=O)COc1ccc(C2=[N+]([O-])C(C)(C)C(C)(C)N2O)cc1)C(=O)N[C@@H](CCCN=C(N)N)C(=O)O. The Bertz CT molecular complexity index is 1520. The van der Waals surface area contributed by atoms with Gasteiger partial charge < -0.3 is 47.0 Å². The quantitative estimate of drug-likeness (QED) is 0.0459. The third kappa shape index (κ3) is 8.52.